The average molecular weight is 491 g/mol. The highest BCUT2D eigenvalue weighted by Gasteiger charge is 2.29. The van der Waals surface area contributed by atoms with Crippen LogP contribution in [0.2, 0.25) is 10.0 Å². The molecule has 3 nitrogen and oxygen atoms in total. The Labute approximate surface area is 203 Å². The summed E-state index contributed by atoms with van der Waals surface area (Å²) in [4.78, 5) is 16.6. The van der Waals surface area contributed by atoms with E-state index in [4.69, 9.17) is 23.2 Å². The van der Waals surface area contributed by atoms with E-state index < -0.39 is 17.5 Å². The van der Waals surface area contributed by atoms with Crippen LogP contribution >= 0.6 is 23.2 Å². The van der Waals surface area contributed by atoms with Crippen molar-refractivity contribution in [3.8, 4) is 0 Å². The second-order valence-corrected chi connectivity index (χ2v) is 8.33. The molecule has 4 rings (SSSR count). The molecule has 0 unspecified atom stereocenters. The van der Waals surface area contributed by atoms with Gasteiger partial charge in [0.1, 0.15) is 11.6 Å². The third-order valence-electron chi connectivity index (χ3n) is 5.50. The molecule has 0 saturated carbocycles. The minimum atomic E-state index is -0.714. The number of hydrogen-bond acceptors (Lipinski definition) is 2. The first-order valence-corrected chi connectivity index (χ1v) is 11.7. The monoisotopic (exact) mass is 490 g/mol. The molecule has 1 fully saturated rings. The molecule has 174 valence electrons. The number of rotatable bonds is 4. The average Bonchev–Trinajstić information content (AvgIpc) is 2.84. The molecule has 1 amide bonds. The normalized spacial score (nSPS) is 14.1. The minimum Gasteiger partial charge on any atom is -0.336 e. The Balaban J connectivity index is 0.00000149. The van der Waals surface area contributed by atoms with E-state index in [0.717, 1.165) is 29.3 Å². The van der Waals surface area contributed by atoms with Crippen LogP contribution in [0, 0.1) is 11.6 Å². The van der Waals surface area contributed by atoms with Gasteiger partial charge in [-0.1, -0.05) is 61.3 Å². The van der Waals surface area contributed by atoms with Crippen LogP contribution in [-0.4, -0.2) is 41.9 Å². The quantitative estimate of drug-likeness (QED) is 0.399. The zero-order chi connectivity index (χ0) is 24.0. The van der Waals surface area contributed by atoms with Gasteiger partial charge in [-0.2, -0.15) is 0 Å². The molecule has 1 saturated heterocycles. The summed E-state index contributed by atoms with van der Waals surface area (Å²) in [5.41, 5.74) is 1.91. The number of carbonyl (C=O) groups is 1. The largest absolute Gasteiger partial charge is 0.336 e. The van der Waals surface area contributed by atoms with Crippen LogP contribution in [-0.2, 0) is 0 Å². The van der Waals surface area contributed by atoms with Crippen LogP contribution < -0.4 is 0 Å². The molecule has 7 heteroatoms. The van der Waals surface area contributed by atoms with Gasteiger partial charge in [0.2, 0.25) is 0 Å². The van der Waals surface area contributed by atoms with Crippen LogP contribution in [0.5, 0.6) is 0 Å². The summed E-state index contributed by atoms with van der Waals surface area (Å²) in [7, 11) is 0. The van der Waals surface area contributed by atoms with E-state index in [2.05, 4.69) is 4.90 Å². The van der Waals surface area contributed by atoms with Crippen molar-refractivity contribution in [2.45, 2.75) is 19.9 Å². The lowest BCUT2D eigenvalue weighted by atomic mass is 9.96. The Morgan fingerprint density at radius 3 is 1.76 bits per heavy atom. The fraction of sp³-hybridized carbons (Fsp3) is 0.269. The van der Waals surface area contributed by atoms with Gasteiger partial charge in [-0.15, -0.1) is 0 Å². The van der Waals surface area contributed by atoms with Crippen LogP contribution in [0.1, 0.15) is 41.4 Å². The summed E-state index contributed by atoms with van der Waals surface area (Å²) in [5, 5.41) is 1.32. The van der Waals surface area contributed by atoms with Crippen LogP contribution in [0.25, 0.3) is 0 Å². The van der Waals surface area contributed by atoms with Crippen LogP contribution in [0.3, 0.4) is 0 Å². The zero-order valence-electron chi connectivity index (χ0n) is 18.6. The summed E-state index contributed by atoms with van der Waals surface area (Å²) in [6.45, 7) is 5.98. The molecule has 0 radical (unpaired) electrons. The van der Waals surface area contributed by atoms with Gasteiger partial charge in [-0.05, 0) is 53.6 Å². The SMILES string of the molecule is CC.O=C(c1cc(F)ccc1F)N1CCN(C(c2ccc(Cl)cc2)c2ccc(Cl)cc2)CC1. The van der Waals surface area contributed by atoms with Crippen molar-refractivity contribution < 1.29 is 13.6 Å². The molecule has 1 heterocycles. The van der Waals surface area contributed by atoms with Crippen LogP contribution in [0.4, 0.5) is 8.78 Å². The van der Waals surface area contributed by atoms with E-state index in [0.29, 0.717) is 36.2 Å². The van der Waals surface area contributed by atoms with Gasteiger partial charge in [-0.25, -0.2) is 8.78 Å². The van der Waals surface area contributed by atoms with Gasteiger partial charge in [0.15, 0.2) is 0 Å². The van der Waals surface area contributed by atoms with Gasteiger partial charge in [0.05, 0.1) is 11.6 Å². The van der Waals surface area contributed by atoms with Crippen LogP contribution in [0.15, 0.2) is 66.7 Å². The Morgan fingerprint density at radius 2 is 1.27 bits per heavy atom. The molecule has 1 aliphatic rings. The van der Waals surface area contributed by atoms with Crippen molar-refractivity contribution in [2.75, 3.05) is 26.2 Å². The van der Waals surface area contributed by atoms with Gasteiger partial charge in [0, 0.05) is 36.2 Å². The third kappa shape index (κ3) is 6.11. The highest BCUT2D eigenvalue weighted by molar-refractivity contribution is 6.30. The molecule has 1 aliphatic heterocycles. The molecule has 0 spiro atoms. The maximum Gasteiger partial charge on any atom is 0.257 e. The Bertz CT molecular complexity index is 1020. The highest BCUT2D eigenvalue weighted by atomic mass is 35.5. The molecule has 33 heavy (non-hydrogen) atoms. The molecule has 0 atom stereocenters. The smallest absolute Gasteiger partial charge is 0.257 e. The van der Waals surface area contributed by atoms with Gasteiger partial charge in [-0.3, -0.25) is 9.69 Å². The third-order valence-corrected chi connectivity index (χ3v) is 6.00. The summed E-state index contributed by atoms with van der Waals surface area (Å²) in [5.74, 6) is -1.84. The van der Waals surface area contributed by atoms with E-state index >= 15 is 0 Å². The predicted octanol–water partition coefficient (Wildman–Crippen LogP) is 6.85. The summed E-state index contributed by atoms with van der Waals surface area (Å²) >= 11 is 12.1. The zero-order valence-corrected chi connectivity index (χ0v) is 20.1. The van der Waals surface area contributed by atoms with E-state index in [9.17, 15) is 13.6 Å². The van der Waals surface area contributed by atoms with Crippen molar-refractivity contribution in [2.24, 2.45) is 0 Å². The first kappa shape index (κ1) is 25.2. The van der Waals surface area contributed by atoms with Crippen molar-refractivity contribution in [1.82, 2.24) is 9.80 Å². The first-order valence-electron chi connectivity index (χ1n) is 10.9. The van der Waals surface area contributed by atoms with Crippen molar-refractivity contribution in [3.05, 3.63) is 105 Å². The molecule has 0 N–H and O–H groups in total. The Kier molecular flexibility index (Phi) is 8.84. The molecule has 0 aromatic heterocycles. The molecular formula is C26H26Cl2F2N2O. The second-order valence-electron chi connectivity index (χ2n) is 7.46. The topological polar surface area (TPSA) is 23.6 Å². The van der Waals surface area contributed by atoms with Crippen molar-refractivity contribution in [1.29, 1.82) is 0 Å². The standard InChI is InChI=1S/C24H20Cl2F2N2O.C2H6/c25-18-5-1-16(2-6-18)23(17-3-7-19(26)8-4-17)29-11-13-30(14-12-29)24(31)21-15-20(27)9-10-22(21)28;1-2/h1-10,15,23H,11-14H2;1-2H3. The molecule has 3 aromatic rings. The number of hydrogen-bond donors (Lipinski definition) is 0. The van der Waals surface area contributed by atoms with E-state index in [1.54, 1.807) is 4.90 Å². The molecule has 3 aromatic carbocycles. The number of halogens is 4. The fourth-order valence-corrected chi connectivity index (χ4v) is 4.17. The fourth-order valence-electron chi connectivity index (χ4n) is 3.92. The first-order chi connectivity index (χ1) is 15.9. The molecule has 0 aliphatic carbocycles. The maximum absolute atomic E-state index is 14.0. The number of piperazine rings is 1. The van der Waals surface area contributed by atoms with Gasteiger partial charge < -0.3 is 4.90 Å². The second kappa shape index (κ2) is 11.6. The minimum absolute atomic E-state index is 0.0438. The number of benzene rings is 3. The number of carbonyl (C=O) groups excluding carboxylic acids is 1. The van der Waals surface area contributed by atoms with E-state index in [1.807, 2.05) is 62.4 Å². The van der Waals surface area contributed by atoms with Crippen molar-refractivity contribution >= 4 is 29.1 Å². The summed E-state index contributed by atoms with van der Waals surface area (Å²) < 4.78 is 27.6. The Hall–Kier alpha value is -2.47. The lowest BCUT2D eigenvalue weighted by Crippen LogP contribution is -2.50. The Morgan fingerprint density at radius 1 is 0.788 bits per heavy atom. The van der Waals surface area contributed by atoms with Crippen molar-refractivity contribution in [3.63, 3.8) is 0 Å². The lowest BCUT2D eigenvalue weighted by molar-refractivity contribution is 0.0592. The lowest BCUT2D eigenvalue weighted by Gasteiger charge is -2.40. The summed E-state index contributed by atoms with van der Waals surface area (Å²) in [6, 6.07) is 18.3. The maximum atomic E-state index is 14.0. The van der Waals surface area contributed by atoms with E-state index in [-0.39, 0.29) is 11.6 Å². The van der Waals surface area contributed by atoms with E-state index in [1.165, 1.54) is 0 Å². The number of amides is 1. The van der Waals surface area contributed by atoms with Gasteiger partial charge >= 0.3 is 0 Å². The highest BCUT2D eigenvalue weighted by Crippen LogP contribution is 2.31. The van der Waals surface area contributed by atoms with Gasteiger partial charge in [0.25, 0.3) is 5.91 Å². The summed E-state index contributed by atoms with van der Waals surface area (Å²) in [6.07, 6.45) is 0. The molecular weight excluding hydrogens is 465 g/mol. The molecule has 0 bridgehead atoms. The number of nitrogens with zero attached hydrogens (tertiary/aromatic N) is 2. The predicted molar refractivity (Wildman–Crippen MR) is 130 cm³/mol.